The van der Waals surface area contributed by atoms with E-state index in [1.165, 1.54) is 6.20 Å². The summed E-state index contributed by atoms with van der Waals surface area (Å²) in [6.07, 6.45) is 10.4. The number of piperidine rings is 1. The summed E-state index contributed by atoms with van der Waals surface area (Å²) < 4.78 is 10.9. The monoisotopic (exact) mass is 371 g/mol. The van der Waals surface area contributed by atoms with Gasteiger partial charge in [0.1, 0.15) is 5.69 Å². The molecule has 2 aliphatic rings. The van der Waals surface area contributed by atoms with Gasteiger partial charge >= 0.3 is 0 Å². The molecule has 4 rings (SSSR count). The first-order valence-electron chi connectivity index (χ1n) is 9.75. The minimum atomic E-state index is -0.0332. The highest BCUT2D eigenvalue weighted by Gasteiger charge is 2.26. The standard InChI is InChI=1S/C19H25N5O3/c25-19(16-12-20-7-8-21-16)24-9-1-2-14(13-24)3-4-17-22-18(27-23-17)15-5-10-26-11-6-15/h7-8,12,14-15H,1-6,9-11,13H2. The first-order chi connectivity index (χ1) is 13.3. The SMILES string of the molecule is O=C(c1cnccn1)N1CCCC(CCc2noc(C3CCOCC3)n2)C1. The van der Waals surface area contributed by atoms with Gasteiger partial charge in [-0.15, -0.1) is 0 Å². The van der Waals surface area contributed by atoms with Crippen LogP contribution in [0.1, 0.15) is 60.2 Å². The molecule has 27 heavy (non-hydrogen) atoms. The van der Waals surface area contributed by atoms with E-state index in [9.17, 15) is 4.79 Å². The van der Waals surface area contributed by atoms with E-state index in [1.54, 1.807) is 12.4 Å². The molecule has 0 radical (unpaired) electrons. The van der Waals surface area contributed by atoms with E-state index in [0.717, 1.165) is 76.5 Å². The molecule has 0 bridgehead atoms. The minimum Gasteiger partial charge on any atom is -0.381 e. The van der Waals surface area contributed by atoms with Gasteiger partial charge in [0.2, 0.25) is 5.89 Å². The highest BCUT2D eigenvalue weighted by molar-refractivity contribution is 5.92. The van der Waals surface area contributed by atoms with Crippen molar-refractivity contribution in [1.29, 1.82) is 0 Å². The second-order valence-electron chi connectivity index (χ2n) is 7.32. The normalized spacial score (nSPS) is 21.3. The Hall–Kier alpha value is -2.35. The summed E-state index contributed by atoms with van der Waals surface area (Å²) in [6, 6.07) is 0. The highest BCUT2D eigenvalue weighted by Crippen LogP contribution is 2.26. The van der Waals surface area contributed by atoms with Crippen molar-refractivity contribution in [3.63, 3.8) is 0 Å². The van der Waals surface area contributed by atoms with Crippen molar-refractivity contribution in [2.24, 2.45) is 5.92 Å². The van der Waals surface area contributed by atoms with Crippen LogP contribution in [0, 0.1) is 5.92 Å². The molecule has 0 N–H and O–H groups in total. The fraction of sp³-hybridized carbons (Fsp3) is 0.632. The van der Waals surface area contributed by atoms with E-state index in [-0.39, 0.29) is 5.91 Å². The van der Waals surface area contributed by atoms with Gasteiger partial charge in [0, 0.05) is 51.0 Å². The molecule has 2 aromatic rings. The summed E-state index contributed by atoms with van der Waals surface area (Å²) in [7, 11) is 0. The molecule has 8 heteroatoms. The third kappa shape index (κ3) is 4.50. The molecule has 1 unspecified atom stereocenters. The van der Waals surface area contributed by atoms with E-state index >= 15 is 0 Å². The van der Waals surface area contributed by atoms with Gasteiger partial charge in [-0.3, -0.25) is 9.78 Å². The summed E-state index contributed by atoms with van der Waals surface area (Å²) in [6.45, 7) is 3.06. The maximum atomic E-state index is 12.6. The molecule has 8 nitrogen and oxygen atoms in total. The molecule has 1 atom stereocenters. The number of hydrogen-bond acceptors (Lipinski definition) is 7. The smallest absolute Gasteiger partial charge is 0.274 e. The Morgan fingerprint density at radius 2 is 2.11 bits per heavy atom. The molecule has 2 fully saturated rings. The van der Waals surface area contributed by atoms with Crippen molar-refractivity contribution < 1.29 is 14.1 Å². The van der Waals surface area contributed by atoms with Crippen LogP contribution in [0.25, 0.3) is 0 Å². The zero-order valence-electron chi connectivity index (χ0n) is 15.4. The summed E-state index contributed by atoms with van der Waals surface area (Å²) in [5.41, 5.74) is 0.414. The molecule has 2 saturated heterocycles. The van der Waals surface area contributed by atoms with Crippen molar-refractivity contribution in [3.05, 3.63) is 36.0 Å². The fourth-order valence-electron chi connectivity index (χ4n) is 3.87. The molecule has 2 aromatic heterocycles. The lowest BCUT2D eigenvalue weighted by molar-refractivity contribution is 0.0661. The predicted octanol–water partition coefficient (Wildman–Crippen LogP) is 2.24. The number of amides is 1. The van der Waals surface area contributed by atoms with Crippen LogP contribution in [0.3, 0.4) is 0 Å². The zero-order chi connectivity index (χ0) is 18.5. The number of carbonyl (C=O) groups excluding carboxylic acids is 1. The average Bonchev–Trinajstić information content (AvgIpc) is 3.22. The van der Waals surface area contributed by atoms with Crippen LogP contribution >= 0.6 is 0 Å². The predicted molar refractivity (Wildman–Crippen MR) is 96.1 cm³/mol. The molecule has 0 aliphatic carbocycles. The van der Waals surface area contributed by atoms with Gasteiger partial charge in [0.15, 0.2) is 5.82 Å². The number of hydrogen-bond donors (Lipinski definition) is 0. The van der Waals surface area contributed by atoms with E-state index in [4.69, 9.17) is 9.26 Å². The lowest BCUT2D eigenvalue weighted by Gasteiger charge is -2.32. The van der Waals surface area contributed by atoms with Crippen LogP contribution in [-0.4, -0.2) is 57.2 Å². The zero-order valence-corrected chi connectivity index (χ0v) is 15.4. The Bertz CT molecular complexity index is 745. The topological polar surface area (TPSA) is 94.2 Å². The van der Waals surface area contributed by atoms with Gasteiger partial charge in [0.05, 0.1) is 6.20 Å². The third-order valence-electron chi connectivity index (χ3n) is 5.42. The lowest BCUT2D eigenvalue weighted by Crippen LogP contribution is -2.40. The maximum Gasteiger partial charge on any atom is 0.274 e. The van der Waals surface area contributed by atoms with Gasteiger partial charge in [0.25, 0.3) is 5.91 Å². The van der Waals surface area contributed by atoms with Crippen molar-refractivity contribution in [2.45, 2.75) is 44.4 Å². The minimum absolute atomic E-state index is 0.0332. The lowest BCUT2D eigenvalue weighted by atomic mass is 9.93. The number of aryl methyl sites for hydroxylation is 1. The van der Waals surface area contributed by atoms with Crippen molar-refractivity contribution in [1.82, 2.24) is 25.0 Å². The largest absolute Gasteiger partial charge is 0.381 e. The van der Waals surface area contributed by atoms with Crippen LogP contribution in [-0.2, 0) is 11.2 Å². The Morgan fingerprint density at radius 1 is 1.22 bits per heavy atom. The second-order valence-corrected chi connectivity index (χ2v) is 7.32. The van der Waals surface area contributed by atoms with E-state index in [0.29, 0.717) is 17.5 Å². The van der Waals surface area contributed by atoms with Gasteiger partial charge in [-0.2, -0.15) is 4.98 Å². The van der Waals surface area contributed by atoms with Gasteiger partial charge in [-0.1, -0.05) is 5.16 Å². The first kappa shape index (κ1) is 18.0. The molecular formula is C19H25N5O3. The Morgan fingerprint density at radius 3 is 2.93 bits per heavy atom. The van der Waals surface area contributed by atoms with Crippen LogP contribution in [0.2, 0.25) is 0 Å². The van der Waals surface area contributed by atoms with Crippen molar-refractivity contribution >= 4 is 5.91 Å². The molecule has 144 valence electrons. The molecule has 2 aliphatic heterocycles. The molecule has 0 aromatic carbocycles. The highest BCUT2D eigenvalue weighted by atomic mass is 16.5. The first-order valence-corrected chi connectivity index (χ1v) is 9.75. The van der Waals surface area contributed by atoms with Gasteiger partial charge < -0.3 is 14.2 Å². The van der Waals surface area contributed by atoms with Crippen LogP contribution in [0.15, 0.2) is 23.1 Å². The third-order valence-corrected chi connectivity index (χ3v) is 5.42. The molecular weight excluding hydrogens is 346 g/mol. The molecule has 1 amide bonds. The average molecular weight is 371 g/mol. The molecule has 0 saturated carbocycles. The van der Waals surface area contributed by atoms with Crippen LogP contribution in [0.4, 0.5) is 0 Å². The number of ether oxygens (including phenoxy) is 1. The summed E-state index contributed by atoms with van der Waals surface area (Å²) in [5, 5.41) is 4.15. The van der Waals surface area contributed by atoms with E-state index < -0.39 is 0 Å². The maximum absolute atomic E-state index is 12.6. The van der Waals surface area contributed by atoms with E-state index in [1.807, 2.05) is 4.90 Å². The van der Waals surface area contributed by atoms with Crippen molar-refractivity contribution in [3.8, 4) is 0 Å². The number of aromatic nitrogens is 4. The molecule has 0 spiro atoms. The Balaban J connectivity index is 1.29. The number of likely N-dealkylation sites (tertiary alicyclic amines) is 1. The van der Waals surface area contributed by atoms with Gasteiger partial charge in [-0.25, -0.2) is 4.98 Å². The fourth-order valence-corrected chi connectivity index (χ4v) is 3.87. The molecule has 4 heterocycles. The van der Waals surface area contributed by atoms with Crippen LogP contribution < -0.4 is 0 Å². The second kappa shape index (κ2) is 8.56. The number of carbonyl (C=O) groups is 1. The summed E-state index contributed by atoms with van der Waals surface area (Å²) >= 11 is 0. The Labute approximate surface area is 158 Å². The number of rotatable bonds is 5. The van der Waals surface area contributed by atoms with Gasteiger partial charge in [-0.05, 0) is 38.0 Å². The summed E-state index contributed by atoms with van der Waals surface area (Å²) in [4.78, 5) is 27.2. The Kier molecular flexibility index (Phi) is 5.72. The van der Waals surface area contributed by atoms with Crippen molar-refractivity contribution in [2.75, 3.05) is 26.3 Å². The van der Waals surface area contributed by atoms with Crippen LogP contribution in [0.5, 0.6) is 0 Å². The quantitative estimate of drug-likeness (QED) is 0.795. The summed E-state index contributed by atoms with van der Waals surface area (Å²) in [5.74, 6) is 2.26. The van der Waals surface area contributed by atoms with E-state index in [2.05, 4.69) is 20.1 Å². The number of nitrogens with zero attached hydrogens (tertiary/aromatic N) is 5.